The number of anilines is 2. The van der Waals surface area contributed by atoms with Crippen LogP contribution in [-0.4, -0.2) is 33.7 Å². The summed E-state index contributed by atoms with van der Waals surface area (Å²) >= 11 is 0. The Morgan fingerprint density at radius 3 is 2.52 bits per heavy atom. The van der Waals surface area contributed by atoms with Crippen LogP contribution in [0.15, 0.2) is 54.6 Å². The van der Waals surface area contributed by atoms with Crippen molar-refractivity contribution >= 4 is 27.3 Å². The average Bonchev–Trinajstić information content (AvgIpc) is 2.65. The van der Waals surface area contributed by atoms with Crippen LogP contribution >= 0.6 is 0 Å². The fourth-order valence-corrected chi connectivity index (χ4v) is 4.62. The number of hydrogen-bond acceptors (Lipinski definition) is 3. The molecule has 1 amide bonds. The molecule has 132 valence electrons. The smallest absolute Gasteiger partial charge is 0.235 e. The van der Waals surface area contributed by atoms with Crippen LogP contribution in [0.3, 0.4) is 0 Å². The standard InChI is InChI=1S/C19H22N2O3S/c1-20(17-10-3-2-4-11-17)19(22)13-15-25(23,24)21-14-7-9-16-8-5-6-12-18(16)21/h2-6,8,10-12H,7,9,13-15H2,1H3. The Morgan fingerprint density at radius 1 is 1.08 bits per heavy atom. The van der Waals surface area contributed by atoms with Crippen LogP contribution < -0.4 is 9.21 Å². The van der Waals surface area contributed by atoms with E-state index in [1.165, 1.54) is 9.21 Å². The molecule has 0 saturated heterocycles. The highest BCUT2D eigenvalue weighted by molar-refractivity contribution is 7.92. The lowest BCUT2D eigenvalue weighted by Gasteiger charge is -2.30. The van der Waals surface area contributed by atoms with Crippen LogP contribution in [0, 0.1) is 0 Å². The molecule has 1 aliphatic heterocycles. The highest BCUT2D eigenvalue weighted by Crippen LogP contribution is 2.29. The van der Waals surface area contributed by atoms with Gasteiger partial charge in [-0.3, -0.25) is 9.10 Å². The minimum Gasteiger partial charge on any atom is -0.315 e. The summed E-state index contributed by atoms with van der Waals surface area (Å²) in [6.45, 7) is 0.474. The second-order valence-corrected chi connectivity index (χ2v) is 8.17. The second kappa shape index (κ2) is 7.27. The van der Waals surface area contributed by atoms with Crippen molar-refractivity contribution in [1.82, 2.24) is 0 Å². The van der Waals surface area contributed by atoms with E-state index in [9.17, 15) is 13.2 Å². The number of rotatable bonds is 5. The summed E-state index contributed by atoms with van der Waals surface area (Å²) in [6, 6.07) is 16.8. The summed E-state index contributed by atoms with van der Waals surface area (Å²) < 4.78 is 27.0. The Balaban J connectivity index is 1.70. The molecule has 25 heavy (non-hydrogen) atoms. The molecule has 0 fully saturated rings. The SMILES string of the molecule is CN(C(=O)CCS(=O)(=O)N1CCCc2ccccc21)c1ccccc1. The largest absolute Gasteiger partial charge is 0.315 e. The molecule has 0 radical (unpaired) electrons. The predicted octanol–water partition coefficient (Wildman–Crippen LogP) is 2.82. The van der Waals surface area contributed by atoms with Gasteiger partial charge in [0.15, 0.2) is 0 Å². The van der Waals surface area contributed by atoms with Gasteiger partial charge in [0.2, 0.25) is 15.9 Å². The van der Waals surface area contributed by atoms with Gasteiger partial charge in [0.25, 0.3) is 0 Å². The van der Waals surface area contributed by atoms with Crippen LogP contribution in [0.1, 0.15) is 18.4 Å². The molecule has 0 N–H and O–H groups in total. The summed E-state index contributed by atoms with van der Waals surface area (Å²) in [5, 5.41) is 0. The average molecular weight is 358 g/mol. The molecule has 0 bridgehead atoms. The molecule has 0 aromatic heterocycles. The maximum atomic E-state index is 12.8. The normalized spacial score (nSPS) is 14.0. The maximum absolute atomic E-state index is 12.8. The van der Waals surface area contributed by atoms with E-state index in [2.05, 4.69) is 0 Å². The number of amides is 1. The highest BCUT2D eigenvalue weighted by atomic mass is 32.2. The van der Waals surface area contributed by atoms with Crippen LogP contribution in [0.2, 0.25) is 0 Å². The van der Waals surface area contributed by atoms with Crippen molar-refractivity contribution in [1.29, 1.82) is 0 Å². The molecule has 3 rings (SSSR count). The van der Waals surface area contributed by atoms with E-state index in [4.69, 9.17) is 0 Å². The zero-order valence-corrected chi connectivity index (χ0v) is 15.1. The van der Waals surface area contributed by atoms with E-state index in [0.717, 1.165) is 29.8 Å². The lowest BCUT2D eigenvalue weighted by molar-refractivity contribution is -0.117. The Kier molecular flexibility index (Phi) is 5.08. The van der Waals surface area contributed by atoms with Crippen molar-refractivity contribution in [2.45, 2.75) is 19.3 Å². The second-order valence-electron chi connectivity index (χ2n) is 6.16. The minimum absolute atomic E-state index is 0.0353. The molecule has 2 aromatic carbocycles. The van der Waals surface area contributed by atoms with Gasteiger partial charge >= 0.3 is 0 Å². The number of nitrogens with zero attached hydrogens (tertiary/aromatic N) is 2. The molecule has 1 aliphatic rings. The van der Waals surface area contributed by atoms with Crippen LogP contribution in [0.5, 0.6) is 0 Å². The van der Waals surface area contributed by atoms with Crippen molar-refractivity contribution in [3.63, 3.8) is 0 Å². The van der Waals surface area contributed by atoms with Crippen LogP contribution in [0.25, 0.3) is 0 Å². The third-order valence-corrected chi connectivity index (χ3v) is 6.27. The number of carbonyl (C=O) groups is 1. The number of benzene rings is 2. The number of carbonyl (C=O) groups excluding carboxylic acids is 1. The van der Waals surface area contributed by atoms with E-state index in [1.807, 2.05) is 54.6 Å². The first-order valence-electron chi connectivity index (χ1n) is 8.39. The molecule has 1 heterocycles. The molecule has 0 saturated carbocycles. The highest BCUT2D eigenvalue weighted by Gasteiger charge is 2.28. The number of aryl methyl sites for hydroxylation is 1. The molecule has 0 spiro atoms. The summed E-state index contributed by atoms with van der Waals surface area (Å²) in [4.78, 5) is 13.9. The minimum atomic E-state index is -3.52. The van der Waals surface area contributed by atoms with Gasteiger partial charge in [-0.15, -0.1) is 0 Å². The number of fused-ring (bicyclic) bond motifs is 1. The first-order valence-corrected chi connectivity index (χ1v) is 10.00. The number of para-hydroxylation sites is 2. The summed E-state index contributed by atoms with van der Waals surface area (Å²) in [5.41, 5.74) is 2.55. The molecule has 0 atom stereocenters. The lowest BCUT2D eigenvalue weighted by Crippen LogP contribution is -2.38. The lowest BCUT2D eigenvalue weighted by atomic mass is 10.0. The van der Waals surface area contributed by atoms with Gasteiger partial charge in [-0.05, 0) is 36.6 Å². The van der Waals surface area contributed by atoms with Gasteiger partial charge in [0, 0.05) is 25.7 Å². The van der Waals surface area contributed by atoms with Crippen LogP contribution in [0.4, 0.5) is 11.4 Å². The Labute approximate surface area is 148 Å². The Hall–Kier alpha value is -2.34. The Bertz CT molecular complexity index is 850. The third kappa shape index (κ3) is 3.85. The summed E-state index contributed by atoms with van der Waals surface area (Å²) in [6.07, 6.45) is 1.65. The van der Waals surface area contributed by atoms with Crippen molar-refractivity contribution in [2.24, 2.45) is 0 Å². The van der Waals surface area contributed by atoms with E-state index >= 15 is 0 Å². The quantitative estimate of drug-likeness (QED) is 0.826. The predicted molar refractivity (Wildman–Crippen MR) is 100 cm³/mol. The molecule has 5 nitrogen and oxygen atoms in total. The Morgan fingerprint density at radius 2 is 1.76 bits per heavy atom. The van der Waals surface area contributed by atoms with Gasteiger partial charge in [-0.2, -0.15) is 0 Å². The molecule has 6 heteroatoms. The zero-order valence-electron chi connectivity index (χ0n) is 14.3. The van der Waals surface area contributed by atoms with Gasteiger partial charge in [-0.25, -0.2) is 8.42 Å². The van der Waals surface area contributed by atoms with Gasteiger partial charge in [0.05, 0.1) is 11.4 Å². The molecular weight excluding hydrogens is 336 g/mol. The van der Waals surface area contributed by atoms with Crippen molar-refractivity contribution < 1.29 is 13.2 Å². The fourth-order valence-electron chi connectivity index (χ4n) is 3.08. The summed E-state index contributed by atoms with van der Waals surface area (Å²) in [5.74, 6) is -0.391. The number of hydrogen-bond donors (Lipinski definition) is 0. The van der Waals surface area contributed by atoms with Crippen molar-refractivity contribution in [3.8, 4) is 0 Å². The number of sulfonamides is 1. The first-order chi connectivity index (χ1) is 12.0. The van der Waals surface area contributed by atoms with Gasteiger partial charge < -0.3 is 4.90 Å². The topological polar surface area (TPSA) is 57.7 Å². The van der Waals surface area contributed by atoms with Crippen LogP contribution in [-0.2, 0) is 21.2 Å². The monoisotopic (exact) mass is 358 g/mol. The van der Waals surface area contributed by atoms with Gasteiger partial charge in [-0.1, -0.05) is 36.4 Å². The first kappa shape index (κ1) is 17.5. The van der Waals surface area contributed by atoms with E-state index in [0.29, 0.717) is 6.54 Å². The molecule has 2 aromatic rings. The van der Waals surface area contributed by atoms with Crippen molar-refractivity contribution in [2.75, 3.05) is 28.6 Å². The van der Waals surface area contributed by atoms with Crippen molar-refractivity contribution in [3.05, 3.63) is 60.2 Å². The zero-order chi connectivity index (χ0) is 17.9. The summed E-state index contributed by atoms with van der Waals surface area (Å²) in [7, 11) is -1.85. The molecule has 0 unspecified atom stereocenters. The molecular formula is C19H22N2O3S. The van der Waals surface area contributed by atoms with E-state index in [1.54, 1.807) is 7.05 Å². The van der Waals surface area contributed by atoms with E-state index < -0.39 is 10.0 Å². The van der Waals surface area contributed by atoms with E-state index in [-0.39, 0.29) is 18.1 Å². The van der Waals surface area contributed by atoms with Gasteiger partial charge in [0.1, 0.15) is 0 Å². The molecule has 0 aliphatic carbocycles. The fraction of sp³-hybridized carbons (Fsp3) is 0.316. The maximum Gasteiger partial charge on any atom is 0.235 e. The third-order valence-electron chi connectivity index (χ3n) is 4.49.